The van der Waals surface area contributed by atoms with Crippen LogP contribution in [0.2, 0.25) is 5.02 Å². The van der Waals surface area contributed by atoms with E-state index in [9.17, 15) is 27.9 Å². The fraction of sp³-hybridized carbons (Fsp3) is 0.240. The first kappa shape index (κ1) is 25.0. The molecule has 0 saturated carbocycles. The lowest BCUT2D eigenvalue weighted by atomic mass is 9.94. The summed E-state index contributed by atoms with van der Waals surface area (Å²) in [7, 11) is 0. The van der Waals surface area contributed by atoms with E-state index in [4.69, 9.17) is 18.2 Å². The molecular weight excluding hydrogens is 529 g/mol. The van der Waals surface area contributed by atoms with E-state index in [1.807, 2.05) is 24.3 Å². The van der Waals surface area contributed by atoms with E-state index >= 15 is 0 Å². The quantitative estimate of drug-likeness (QED) is 0.433. The molecule has 7 nitrogen and oxygen atoms in total. The minimum atomic E-state index is -4.78. The number of aromatic nitrogens is 1. The number of rotatable bonds is 2. The number of carbonyl (C=O) groups is 1. The highest BCUT2D eigenvalue weighted by atomic mass is 35.5. The van der Waals surface area contributed by atoms with Crippen LogP contribution in [-0.4, -0.2) is 39.5 Å². The maximum atomic E-state index is 13.9. The second-order valence-electron chi connectivity index (χ2n) is 8.61. The van der Waals surface area contributed by atoms with E-state index in [1.165, 1.54) is 16.8 Å². The summed E-state index contributed by atoms with van der Waals surface area (Å²) in [5.74, 6) is -1.73. The summed E-state index contributed by atoms with van der Waals surface area (Å²) in [4.78, 5) is 30.4. The molecule has 1 aromatic heterocycles. The van der Waals surface area contributed by atoms with Gasteiger partial charge in [-0.05, 0) is 30.2 Å². The Kier molecular flexibility index (Phi) is 6.12. The van der Waals surface area contributed by atoms with Gasteiger partial charge in [0.05, 0.1) is 6.57 Å². The van der Waals surface area contributed by atoms with Crippen LogP contribution in [0.3, 0.4) is 0 Å². The molecule has 0 aliphatic carbocycles. The third-order valence-electron chi connectivity index (χ3n) is 6.56. The van der Waals surface area contributed by atoms with Crippen LogP contribution in [0.15, 0.2) is 58.4 Å². The minimum Gasteiger partial charge on any atom is -0.503 e. The molecule has 1 amide bonds. The molecule has 0 radical (unpaired) electrons. The number of alkyl halides is 3. The lowest BCUT2D eigenvalue weighted by molar-refractivity contribution is -0.173. The summed E-state index contributed by atoms with van der Waals surface area (Å²) in [6, 6.07) is 9.60. The molecule has 1 N–H and O–H groups in total. The van der Waals surface area contributed by atoms with Crippen molar-refractivity contribution in [3.63, 3.8) is 0 Å². The Hall–Kier alpha value is -3.62. The highest BCUT2D eigenvalue weighted by Crippen LogP contribution is 2.45. The van der Waals surface area contributed by atoms with Gasteiger partial charge >= 0.3 is 6.18 Å². The van der Waals surface area contributed by atoms with Gasteiger partial charge in [0.25, 0.3) is 11.6 Å². The number of thioether (sulfide) groups is 1. The SMILES string of the molecule is [C-]#[N+]c1cn2c(c(O)c1=O)C(=O)N([C@H](C)C(F)(F)F)CN2[C@@H]1c2ccccc2SCc2cccc(Cl)c21. The van der Waals surface area contributed by atoms with Gasteiger partial charge in [-0.1, -0.05) is 41.9 Å². The minimum absolute atomic E-state index is 0.365. The maximum Gasteiger partial charge on any atom is 0.408 e. The highest BCUT2D eigenvalue weighted by Gasteiger charge is 2.48. The van der Waals surface area contributed by atoms with Gasteiger partial charge in [-0.25, -0.2) is 4.85 Å². The highest BCUT2D eigenvalue weighted by molar-refractivity contribution is 7.98. The molecule has 0 bridgehead atoms. The van der Waals surface area contributed by atoms with E-state index in [1.54, 1.807) is 18.2 Å². The van der Waals surface area contributed by atoms with Gasteiger partial charge in [0.2, 0.25) is 5.43 Å². The Morgan fingerprint density at radius 2 is 1.92 bits per heavy atom. The largest absolute Gasteiger partial charge is 0.503 e. The number of carbonyl (C=O) groups excluding carboxylic acids is 1. The third-order valence-corrected chi connectivity index (χ3v) is 8.02. The molecule has 3 aromatic rings. The smallest absolute Gasteiger partial charge is 0.408 e. The van der Waals surface area contributed by atoms with Crippen molar-refractivity contribution in [2.75, 3.05) is 11.7 Å². The van der Waals surface area contributed by atoms with Crippen molar-refractivity contribution in [2.24, 2.45) is 0 Å². The Labute approximate surface area is 218 Å². The average Bonchev–Trinajstić information content (AvgIpc) is 3.03. The van der Waals surface area contributed by atoms with Crippen molar-refractivity contribution in [3.8, 4) is 5.75 Å². The van der Waals surface area contributed by atoms with Gasteiger partial charge < -0.3 is 10.0 Å². The second-order valence-corrected chi connectivity index (χ2v) is 10.0. The lowest BCUT2D eigenvalue weighted by Gasteiger charge is -2.46. The maximum absolute atomic E-state index is 13.9. The molecule has 0 fully saturated rings. The normalized spacial score (nSPS) is 17.8. The lowest BCUT2D eigenvalue weighted by Crippen LogP contribution is -2.60. The molecule has 2 atom stereocenters. The van der Waals surface area contributed by atoms with Gasteiger partial charge in [0, 0.05) is 27.4 Å². The standard InChI is InChI=1S/C25H18ClF3N4O3S/c1-13(25(27,28)29)31-12-33(32-10-17(30-2)22(34)23(35)21(32)24(31)36)20-15-7-3-4-9-18(15)37-11-14-6-5-8-16(26)19(14)20/h3-10,13,20,35H,11-12H2,1H3/t13-,20-/m1/s1. The van der Waals surface area contributed by atoms with Gasteiger partial charge in [-0.15, -0.1) is 11.8 Å². The van der Waals surface area contributed by atoms with Crippen LogP contribution >= 0.6 is 23.4 Å². The fourth-order valence-electron chi connectivity index (χ4n) is 4.64. The van der Waals surface area contributed by atoms with Crippen LogP contribution in [0.4, 0.5) is 18.9 Å². The predicted molar refractivity (Wildman–Crippen MR) is 133 cm³/mol. The Bertz CT molecular complexity index is 1540. The number of benzene rings is 2. The summed E-state index contributed by atoms with van der Waals surface area (Å²) >= 11 is 8.22. The van der Waals surface area contributed by atoms with E-state index in [2.05, 4.69) is 4.85 Å². The first-order chi connectivity index (χ1) is 17.5. The van der Waals surface area contributed by atoms with Gasteiger partial charge in [0.15, 0.2) is 11.4 Å². The fourth-order valence-corrected chi connectivity index (χ4v) is 6.02. The Morgan fingerprint density at radius 3 is 2.62 bits per heavy atom. The summed E-state index contributed by atoms with van der Waals surface area (Å²) in [5.41, 5.74) is -0.102. The summed E-state index contributed by atoms with van der Waals surface area (Å²) in [6.07, 6.45) is -3.70. The molecule has 37 heavy (non-hydrogen) atoms. The molecule has 190 valence electrons. The van der Waals surface area contributed by atoms with Crippen LogP contribution in [0, 0.1) is 6.57 Å². The molecule has 0 spiro atoms. The first-order valence-electron chi connectivity index (χ1n) is 11.0. The third kappa shape index (κ3) is 4.01. The first-order valence-corrected chi connectivity index (χ1v) is 12.4. The zero-order valence-corrected chi connectivity index (χ0v) is 20.7. The summed E-state index contributed by atoms with van der Waals surface area (Å²) < 4.78 is 42.7. The number of aromatic hydroxyl groups is 1. The molecule has 12 heteroatoms. The molecule has 2 aliphatic rings. The number of fused-ring (bicyclic) bond motifs is 3. The second kappa shape index (κ2) is 9.04. The summed E-state index contributed by atoms with van der Waals surface area (Å²) in [5, 5.41) is 12.5. The monoisotopic (exact) mass is 546 g/mol. The molecule has 2 aliphatic heterocycles. The van der Waals surface area contributed by atoms with Crippen molar-refractivity contribution in [1.29, 1.82) is 0 Å². The number of pyridine rings is 1. The number of nitrogens with zero attached hydrogens (tertiary/aromatic N) is 4. The van der Waals surface area contributed by atoms with Crippen molar-refractivity contribution in [2.45, 2.75) is 35.8 Å². The number of halogens is 4. The predicted octanol–water partition coefficient (Wildman–Crippen LogP) is 5.46. The molecule has 0 unspecified atom stereocenters. The van der Waals surface area contributed by atoms with E-state index in [-0.39, 0.29) is 0 Å². The van der Waals surface area contributed by atoms with Gasteiger partial charge in [-0.2, -0.15) is 13.2 Å². The summed E-state index contributed by atoms with van der Waals surface area (Å²) in [6.45, 7) is 7.65. The topological polar surface area (TPSA) is 70.1 Å². The molecule has 0 saturated heterocycles. The Morgan fingerprint density at radius 1 is 1.19 bits per heavy atom. The number of hydrogen-bond donors (Lipinski definition) is 1. The zero-order valence-electron chi connectivity index (χ0n) is 19.2. The van der Waals surface area contributed by atoms with E-state index < -0.39 is 53.4 Å². The van der Waals surface area contributed by atoms with Crippen molar-refractivity contribution >= 4 is 35.0 Å². The van der Waals surface area contributed by atoms with Crippen LogP contribution in [-0.2, 0) is 5.75 Å². The van der Waals surface area contributed by atoms with Crippen LogP contribution in [0.5, 0.6) is 5.75 Å². The molecular formula is C25H18ClF3N4O3S. The van der Waals surface area contributed by atoms with Crippen molar-refractivity contribution < 1.29 is 23.1 Å². The molecule has 2 aromatic carbocycles. The molecule has 3 heterocycles. The number of hydrogen-bond acceptors (Lipinski definition) is 5. The van der Waals surface area contributed by atoms with E-state index in [0.717, 1.165) is 28.3 Å². The zero-order chi connectivity index (χ0) is 26.6. The van der Waals surface area contributed by atoms with Crippen LogP contribution in [0.1, 0.15) is 40.1 Å². The van der Waals surface area contributed by atoms with Gasteiger partial charge in [-0.3, -0.25) is 19.3 Å². The van der Waals surface area contributed by atoms with Crippen molar-refractivity contribution in [3.05, 3.63) is 97.7 Å². The Balaban J connectivity index is 1.84. The van der Waals surface area contributed by atoms with Crippen LogP contribution in [0.25, 0.3) is 4.85 Å². The van der Waals surface area contributed by atoms with Crippen molar-refractivity contribution in [1.82, 2.24) is 9.58 Å². The number of amides is 1. The van der Waals surface area contributed by atoms with Crippen LogP contribution < -0.4 is 10.4 Å². The van der Waals surface area contributed by atoms with E-state index in [0.29, 0.717) is 26.8 Å². The average molecular weight is 547 g/mol. The molecule has 5 rings (SSSR count). The van der Waals surface area contributed by atoms with Gasteiger partial charge in [0.1, 0.15) is 18.8 Å².